The summed E-state index contributed by atoms with van der Waals surface area (Å²) < 4.78 is 0. The van der Waals surface area contributed by atoms with Crippen molar-refractivity contribution < 1.29 is 4.79 Å². The summed E-state index contributed by atoms with van der Waals surface area (Å²) in [5.74, 6) is 1.03. The van der Waals surface area contributed by atoms with Gasteiger partial charge in [0.15, 0.2) is 0 Å². The van der Waals surface area contributed by atoms with Crippen LogP contribution in [0.15, 0.2) is 24.5 Å². The van der Waals surface area contributed by atoms with Gasteiger partial charge in [0, 0.05) is 25.4 Å². The molecule has 1 heterocycles. The Hall–Kier alpha value is -2.17. The number of nitrogens with one attached hydrogen (secondary N) is 1. The molecule has 0 saturated heterocycles. The van der Waals surface area contributed by atoms with E-state index in [1.807, 2.05) is 0 Å². The molecular weight excluding hydrogens is 312 g/mol. The van der Waals surface area contributed by atoms with E-state index in [1.165, 1.54) is 55.1 Å². The van der Waals surface area contributed by atoms with E-state index >= 15 is 0 Å². The maximum absolute atomic E-state index is 12.9. The first kappa shape index (κ1) is 16.3. The smallest absolute Gasteiger partial charge is 0.223 e. The van der Waals surface area contributed by atoms with E-state index in [2.05, 4.69) is 38.3 Å². The standard InChI is InChI=1S/C20H26N4O/c25-20(11-10-19-21-14-22-23-19)24(18-6-1-2-7-18)13-15-8-9-16-4-3-5-17(16)12-15/h8-9,12,14,18H,1-7,10-11,13H2,(H,21,22,23). The number of rotatable bonds is 6. The van der Waals surface area contributed by atoms with E-state index in [0.717, 1.165) is 25.2 Å². The predicted molar refractivity (Wildman–Crippen MR) is 96.0 cm³/mol. The van der Waals surface area contributed by atoms with Crippen molar-refractivity contribution in [1.29, 1.82) is 0 Å². The van der Waals surface area contributed by atoms with Gasteiger partial charge in [-0.2, -0.15) is 5.10 Å². The Morgan fingerprint density at radius 2 is 2.00 bits per heavy atom. The number of aromatic nitrogens is 3. The third kappa shape index (κ3) is 3.75. The van der Waals surface area contributed by atoms with Gasteiger partial charge in [0.2, 0.25) is 5.91 Å². The van der Waals surface area contributed by atoms with Crippen molar-refractivity contribution >= 4 is 5.91 Å². The molecule has 1 amide bonds. The fourth-order valence-electron chi connectivity index (χ4n) is 4.28. The summed E-state index contributed by atoms with van der Waals surface area (Å²) >= 11 is 0. The summed E-state index contributed by atoms with van der Waals surface area (Å²) in [6.07, 6.45) is 11.0. The number of amides is 1. The molecule has 1 aromatic carbocycles. The van der Waals surface area contributed by atoms with Crippen LogP contribution in [0.5, 0.6) is 0 Å². The van der Waals surface area contributed by atoms with Crippen molar-refractivity contribution in [3.8, 4) is 0 Å². The molecule has 5 nitrogen and oxygen atoms in total. The van der Waals surface area contributed by atoms with Crippen LogP contribution in [0.4, 0.5) is 0 Å². The summed E-state index contributed by atoms with van der Waals surface area (Å²) in [6.45, 7) is 0.743. The van der Waals surface area contributed by atoms with Gasteiger partial charge in [-0.15, -0.1) is 0 Å². The Balaban J connectivity index is 1.46. The van der Waals surface area contributed by atoms with E-state index in [4.69, 9.17) is 0 Å². The summed E-state index contributed by atoms with van der Waals surface area (Å²) in [5, 5.41) is 6.71. The number of aromatic amines is 1. The number of nitrogens with zero attached hydrogens (tertiary/aromatic N) is 3. The molecule has 1 aromatic heterocycles. The number of H-pyrrole nitrogens is 1. The van der Waals surface area contributed by atoms with Crippen LogP contribution in [0.3, 0.4) is 0 Å². The second kappa shape index (κ2) is 7.38. The molecule has 1 fully saturated rings. The van der Waals surface area contributed by atoms with Crippen LogP contribution < -0.4 is 0 Å². The molecule has 0 radical (unpaired) electrons. The van der Waals surface area contributed by atoms with Gasteiger partial charge in [-0.05, 0) is 48.8 Å². The molecule has 0 spiro atoms. The van der Waals surface area contributed by atoms with Gasteiger partial charge in [-0.1, -0.05) is 31.0 Å². The Morgan fingerprint density at radius 3 is 2.80 bits per heavy atom. The van der Waals surface area contributed by atoms with Crippen LogP contribution in [0, 0.1) is 0 Å². The summed E-state index contributed by atoms with van der Waals surface area (Å²) in [6, 6.07) is 7.21. The maximum atomic E-state index is 12.9. The van der Waals surface area contributed by atoms with Crippen LogP contribution in [0.25, 0.3) is 0 Å². The number of fused-ring (bicyclic) bond motifs is 1. The first-order chi connectivity index (χ1) is 12.3. The number of hydrogen-bond acceptors (Lipinski definition) is 3. The zero-order valence-corrected chi connectivity index (χ0v) is 14.7. The second-order valence-corrected chi connectivity index (χ2v) is 7.35. The molecule has 2 aromatic rings. The predicted octanol–water partition coefficient (Wildman–Crippen LogP) is 3.20. The second-order valence-electron chi connectivity index (χ2n) is 7.35. The maximum Gasteiger partial charge on any atom is 0.223 e. The molecule has 2 aliphatic rings. The topological polar surface area (TPSA) is 61.9 Å². The lowest BCUT2D eigenvalue weighted by Gasteiger charge is -2.29. The first-order valence-electron chi connectivity index (χ1n) is 9.54. The van der Waals surface area contributed by atoms with Crippen molar-refractivity contribution in [2.45, 2.75) is 70.4 Å². The van der Waals surface area contributed by atoms with Crippen molar-refractivity contribution in [3.05, 3.63) is 47.0 Å². The molecule has 0 unspecified atom stereocenters. The highest BCUT2D eigenvalue weighted by atomic mass is 16.2. The van der Waals surface area contributed by atoms with Gasteiger partial charge >= 0.3 is 0 Å². The Bertz CT molecular complexity index is 719. The van der Waals surface area contributed by atoms with Crippen molar-refractivity contribution in [1.82, 2.24) is 20.1 Å². The van der Waals surface area contributed by atoms with Gasteiger partial charge in [0.05, 0.1) is 0 Å². The minimum Gasteiger partial charge on any atom is -0.335 e. The van der Waals surface area contributed by atoms with Crippen molar-refractivity contribution in [3.63, 3.8) is 0 Å². The molecule has 132 valence electrons. The van der Waals surface area contributed by atoms with E-state index in [0.29, 0.717) is 18.9 Å². The minimum absolute atomic E-state index is 0.240. The number of carbonyl (C=O) groups excluding carboxylic acids is 1. The quantitative estimate of drug-likeness (QED) is 0.880. The van der Waals surface area contributed by atoms with Gasteiger partial charge < -0.3 is 4.90 Å². The third-order valence-corrected chi connectivity index (χ3v) is 5.64. The lowest BCUT2D eigenvalue weighted by molar-refractivity contribution is -0.134. The van der Waals surface area contributed by atoms with Gasteiger partial charge in [-0.25, -0.2) is 4.98 Å². The fraction of sp³-hybridized carbons (Fsp3) is 0.550. The van der Waals surface area contributed by atoms with E-state index in [9.17, 15) is 4.79 Å². The van der Waals surface area contributed by atoms with Crippen LogP contribution in [0.1, 0.15) is 61.0 Å². The molecule has 5 heteroatoms. The third-order valence-electron chi connectivity index (χ3n) is 5.64. The molecule has 2 aliphatic carbocycles. The van der Waals surface area contributed by atoms with Crippen LogP contribution in [-0.4, -0.2) is 32.0 Å². The molecule has 0 aliphatic heterocycles. The first-order valence-corrected chi connectivity index (χ1v) is 9.54. The van der Waals surface area contributed by atoms with E-state index < -0.39 is 0 Å². The average Bonchev–Trinajstić information content (AvgIpc) is 3.39. The molecule has 1 saturated carbocycles. The Morgan fingerprint density at radius 1 is 1.16 bits per heavy atom. The lowest BCUT2D eigenvalue weighted by atomic mass is 10.0. The molecule has 0 bridgehead atoms. The number of carbonyl (C=O) groups is 1. The highest BCUT2D eigenvalue weighted by Gasteiger charge is 2.27. The lowest BCUT2D eigenvalue weighted by Crippen LogP contribution is -2.38. The zero-order chi connectivity index (χ0) is 17.1. The van der Waals surface area contributed by atoms with E-state index in [1.54, 1.807) is 0 Å². The van der Waals surface area contributed by atoms with Crippen LogP contribution in [0.2, 0.25) is 0 Å². The summed E-state index contributed by atoms with van der Waals surface area (Å²) in [4.78, 5) is 19.2. The average molecular weight is 338 g/mol. The number of benzene rings is 1. The number of aryl methyl sites for hydroxylation is 3. The fourth-order valence-corrected chi connectivity index (χ4v) is 4.28. The Kier molecular flexibility index (Phi) is 4.81. The summed E-state index contributed by atoms with van der Waals surface area (Å²) in [5.41, 5.74) is 4.26. The van der Waals surface area contributed by atoms with E-state index in [-0.39, 0.29) is 5.91 Å². The molecule has 1 N–H and O–H groups in total. The van der Waals surface area contributed by atoms with Crippen LogP contribution in [-0.2, 0) is 30.6 Å². The molecule has 0 atom stereocenters. The minimum atomic E-state index is 0.240. The zero-order valence-electron chi connectivity index (χ0n) is 14.7. The Labute approximate surface area is 148 Å². The number of hydrogen-bond donors (Lipinski definition) is 1. The molecular formula is C20H26N4O. The van der Waals surface area contributed by atoms with Crippen LogP contribution >= 0.6 is 0 Å². The molecule has 25 heavy (non-hydrogen) atoms. The highest BCUT2D eigenvalue weighted by Crippen LogP contribution is 2.28. The largest absolute Gasteiger partial charge is 0.335 e. The SMILES string of the molecule is O=C(CCc1ncn[nH]1)N(Cc1ccc2c(c1)CCC2)C1CCCC1. The molecule has 4 rings (SSSR count). The van der Waals surface area contributed by atoms with Crippen molar-refractivity contribution in [2.75, 3.05) is 0 Å². The monoisotopic (exact) mass is 338 g/mol. The van der Waals surface area contributed by atoms with Gasteiger partial charge in [0.1, 0.15) is 12.2 Å². The van der Waals surface area contributed by atoms with Crippen molar-refractivity contribution in [2.24, 2.45) is 0 Å². The summed E-state index contributed by atoms with van der Waals surface area (Å²) in [7, 11) is 0. The van der Waals surface area contributed by atoms with Gasteiger partial charge in [-0.3, -0.25) is 9.89 Å². The normalized spacial score (nSPS) is 17.0. The highest BCUT2D eigenvalue weighted by molar-refractivity contribution is 5.76. The van der Waals surface area contributed by atoms with Gasteiger partial charge in [0.25, 0.3) is 0 Å².